The predicted molar refractivity (Wildman–Crippen MR) is 120 cm³/mol. The molecule has 164 valence electrons. The van der Waals surface area contributed by atoms with Gasteiger partial charge >= 0.3 is 0 Å². The Morgan fingerprint density at radius 1 is 1.16 bits per heavy atom. The van der Waals surface area contributed by atoms with Crippen LogP contribution in [0.25, 0.3) is 0 Å². The second-order valence-corrected chi connectivity index (χ2v) is 8.83. The highest BCUT2D eigenvalue weighted by atomic mass is 32.2. The number of hydrogen-bond donors (Lipinski definition) is 2. The van der Waals surface area contributed by atoms with E-state index in [4.69, 9.17) is 4.74 Å². The van der Waals surface area contributed by atoms with Gasteiger partial charge in [-0.3, -0.25) is 9.59 Å². The molecule has 2 fully saturated rings. The zero-order valence-corrected chi connectivity index (χ0v) is 18.4. The molecule has 2 N–H and O–H groups in total. The minimum atomic E-state index is -0.138. The molecule has 1 unspecified atom stereocenters. The molecule has 2 aromatic rings. The van der Waals surface area contributed by atoms with E-state index in [-0.39, 0.29) is 23.5 Å². The first-order valence-electron chi connectivity index (χ1n) is 10.6. The molecular weight excluding hydrogens is 414 g/mol. The third kappa shape index (κ3) is 5.88. The lowest BCUT2D eigenvalue weighted by molar-refractivity contribution is -0.125. The molecule has 2 aliphatic rings. The first-order valence-corrected chi connectivity index (χ1v) is 11.6. The standard InChI is InChI=1S/C22H27N5O3S/c1-30-18-7-3-2-6-17(18)24-20(28)14-31-21-11-10-19(25-26-21)27-12-4-5-15(13-27)22(29)23-16-8-9-16/h2-3,6-7,10-11,15-16H,4-5,8-9,12-14H2,1H3,(H,23,29)(H,24,28). The predicted octanol–water partition coefficient (Wildman–Crippen LogP) is 2.71. The van der Waals surface area contributed by atoms with Crippen LogP contribution in [-0.4, -0.2) is 54.0 Å². The molecule has 0 radical (unpaired) electrons. The fourth-order valence-corrected chi connectivity index (χ4v) is 4.19. The van der Waals surface area contributed by atoms with Gasteiger partial charge < -0.3 is 20.3 Å². The topological polar surface area (TPSA) is 96.5 Å². The number of nitrogens with one attached hydrogen (secondary N) is 2. The molecule has 9 heteroatoms. The van der Waals surface area contributed by atoms with Crippen LogP contribution in [0.15, 0.2) is 41.4 Å². The van der Waals surface area contributed by atoms with E-state index in [1.54, 1.807) is 19.2 Å². The van der Waals surface area contributed by atoms with E-state index in [0.29, 0.717) is 29.0 Å². The molecule has 2 heterocycles. The zero-order chi connectivity index (χ0) is 21.6. The van der Waals surface area contributed by atoms with Gasteiger partial charge in [-0.1, -0.05) is 23.9 Å². The monoisotopic (exact) mass is 441 g/mol. The summed E-state index contributed by atoms with van der Waals surface area (Å²) in [6, 6.07) is 11.5. The molecule has 1 aliphatic heterocycles. The highest BCUT2D eigenvalue weighted by Crippen LogP contribution is 2.26. The number of rotatable bonds is 8. The Bertz CT molecular complexity index is 920. The number of carbonyl (C=O) groups is 2. The summed E-state index contributed by atoms with van der Waals surface area (Å²) in [5.41, 5.74) is 0.641. The number of methoxy groups -OCH3 is 1. The Balaban J connectivity index is 1.27. The fourth-order valence-electron chi connectivity index (χ4n) is 3.58. The number of carbonyl (C=O) groups excluding carboxylic acids is 2. The van der Waals surface area contributed by atoms with Crippen LogP contribution < -0.4 is 20.3 Å². The van der Waals surface area contributed by atoms with E-state index in [2.05, 4.69) is 25.7 Å². The zero-order valence-electron chi connectivity index (χ0n) is 17.5. The smallest absolute Gasteiger partial charge is 0.234 e. The van der Waals surface area contributed by atoms with Gasteiger partial charge in [-0.2, -0.15) is 0 Å². The number of thioether (sulfide) groups is 1. The lowest BCUT2D eigenvalue weighted by Gasteiger charge is -2.32. The van der Waals surface area contributed by atoms with E-state index >= 15 is 0 Å². The maximum Gasteiger partial charge on any atom is 0.234 e. The Morgan fingerprint density at radius 3 is 2.74 bits per heavy atom. The number of piperidine rings is 1. The minimum Gasteiger partial charge on any atom is -0.495 e. The molecule has 8 nitrogen and oxygen atoms in total. The molecule has 0 spiro atoms. The van der Waals surface area contributed by atoms with E-state index in [0.717, 1.165) is 38.0 Å². The van der Waals surface area contributed by atoms with Crippen molar-refractivity contribution >= 4 is 35.1 Å². The Hall–Kier alpha value is -2.81. The lowest BCUT2D eigenvalue weighted by atomic mass is 9.97. The van der Waals surface area contributed by atoms with Gasteiger partial charge in [-0.05, 0) is 49.9 Å². The van der Waals surface area contributed by atoms with E-state index in [1.165, 1.54) is 11.8 Å². The Kier molecular flexibility index (Phi) is 6.91. The largest absolute Gasteiger partial charge is 0.495 e. The van der Waals surface area contributed by atoms with Crippen molar-refractivity contribution in [3.63, 3.8) is 0 Å². The number of para-hydroxylation sites is 2. The van der Waals surface area contributed by atoms with Crippen molar-refractivity contribution in [3.8, 4) is 5.75 Å². The van der Waals surface area contributed by atoms with Gasteiger partial charge in [0, 0.05) is 19.1 Å². The van der Waals surface area contributed by atoms with Crippen LogP contribution in [0.2, 0.25) is 0 Å². The summed E-state index contributed by atoms with van der Waals surface area (Å²) < 4.78 is 5.25. The maximum absolute atomic E-state index is 12.4. The maximum atomic E-state index is 12.4. The van der Waals surface area contributed by atoms with E-state index < -0.39 is 0 Å². The van der Waals surface area contributed by atoms with Crippen LogP contribution in [0.5, 0.6) is 5.75 Å². The third-order valence-corrected chi connectivity index (χ3v) is 6.32. The summed E-state index contributed by atoms with van der Waals surface area (Å²) >= 11 is 1.33. The molecule has 4 rings (SSSR count). The molecule has 1 atom stereocenters. The van der Waals surface area contributed by atoms with Crippen LogP contribution in [0.4, 0.5) is 11.5 Å². The fraction of sp³-hybridized carbons (Fsp3) is 0.455. The van der Waals surface area contributed by atoms with Crippen LogP contribution in [0, 0.1) is 5.92 Å². The molecule has 31 heavy (non-hydrogen) atoms. The number of hydrogen-bond acceptors (Lipinski definition) is 7. The second kappa shape index (κ2) is 10.00. The molecule has 2 amide bonds. The average molecular weight is 442 g/mol. The Labute approximate surface area is 186 Å². The van der Waals surface area contributed by atoms with Crippen molar-refractivity contribution in [3.05, 3.63) is 36.4 Å². The van der Waals surface area contributed by atoms with Crippen LogP contribution >= 0.6 is 11.8 Å². The number of benzene rings is 1. The third-order valence-electron chi connectivity index (χ3n) is 5.40. The van der Waals surface area contributed by atoms with Crippen LogP contribution in [0.1, 0.15) is 25.7 Å². The molecule has 1 aromatic carbocycles. The van der Waals surface area contributed by atoms with Crippen LogP contribution in [0.3, 0.4) is 0 Å². The van der Waals surface area contributed by atoms with Crippen molar-refractivity contribution in [2.45, 2.75) is 36.8 Å². The summed E-state index contributed by atoms with van der Waals surface area (Å²) in [6.45, 7) is 1.54. The molecule has 1 saturated carbocycles. The van der Waals surface area contributed by atoms with Crippen molar-refractivity contribution in [2.24, 2.45) is 5.92 Å². The Morgan fingerprint density at radius 2 is 2.00 bits per heavy atom. The molecular formula is C22H27N5O3S. The van der Waals surface area contributed by atoms with Crippen molar-refractivity contribution in [2.75, 3.05) is 36.2 Å². The lowest BCUT2D eigenvalue weighted by Crippen LogP contribution is -2.44. The summed E-state index contributed by atoms with van der Waals surface area (Å²) in [4.78, 5) is 26.8. The summed E-state index contributed by atoms with van der Waals surface area (Å²) in [5.74, 6) is 1.64. The quantitative estimate of drug-likeness (QED) is 0.608. The summed E-state index contributed by atoms with van der Waals surface area (Å²) in [7, 11) is 1.57. The van der Waals surface area contributed by atoms with Gasteiger partial charge in [0.1, 0.15) is 10.8 Å². The second-order valence-electron chi connectivity index (χ2n) is 7.83. The normalized spacial score (nSPS) is 18.4. The SMILES string of the molecule is COc1ccccc1NC(=O)CSc1ccc(N2CCCC(C(=O)NC3CC3)C2)nn1. The van der Waals surface area contributed by atoms with Gasteiger partial charge in [-0.15, -0.1) is 10.2 Å². The molecule has 0 bridgehead atoms. The van der Waals surface area contributed by atoms with Gasteiger partial charge in [0.2, 0.25) is 11.8 Å². The van der Waals surface area contributed by atoms with E-state index in [9.17, 15) is 9.59 Å². The first kappa shape index (κ1) is 21.4. The van der Waals surface area contributed by atoms with Crippen LogP contribution in [-0.2, 0) is 9.59 Å². The van der Waals surface area contributed by atoms with Crippen molar-refractivity contribution in [1.82, 2.24) is 15.5 Å². The minimum absolute atomic E-state index is 0.00359. The molecule has 1 aromatic heterocycles. The van der Waals surface area contributed by atoms with E-state index in [1.807, 2.05) is 24.3 Å². The number of ether oxygens (including phenoxy) is 1. The highest BCUT2D eigenvalue weighted by Gasteiger charge is 2.30. The van der Waals surface area contributed by atoms with Gasteiger partial charge in [0.25, 0.3) is 0 Å². The van der Waals surface area contributed by atoms with Crippen molar-refractivity contribution < 1.29 is 14.3 Å². The van der Waals surface area contributed by atoms with Gasteiger partial charge in [0.15, 0.2) is 5.82 Å². The highest BCUT2D eigenvalue weighted by molar-refractivity contribution is 7.99. The molecule has 1 aliphatic carbocycles. The van der Waals surface area contributed by atoms with Gasteiger partial charge in [0.05, 0.1) is 24.5 Å². The number of anilines is 2. The molecule has 1 saturated heterocycles. The number of amides is 2. The summed E-state index contributed by atoms with van der Waals surface area (Å²) in [6.07, 6.45) is 4.08. The number of nitrogens with zero attached hydrogens (tertiary/aromatic N) is 3. The first-order chi connectivity index (χ1) is 15.1. The number of aromatic nitrogens is 2. The average Bonchev–Trinajstić information content (AvgIpc) is 3.62. The summed E-state index contributed by atoms with van der Waals surface area (Å²) in [5, 5.41) is 15.2. The van der Waals surface area contributed by atoms with Gasteiger partial charge in [-0.25, -0.2) is 0 Å². The van der Waals surface area contributed by atoms with Crippen molar-refractivity contribution in [1.29, 1.82) is 0 Å².